The van der Waals surface area contributed by atoms with Gasteiger partial charge in [-0.1, -0.05) is 30.3 Å². The number of carbonyl (C=O) groups excluding carboxylic acids is 1. The second-order valence-electron chi connectivity index (χ2n) is 2.48. The number of hydrogen-bond acceptors (Lipinski definition) is 3. The zero-order chi connectivity index (χ0) is 8.97. The molecule has 0 saturated heterocycles. The second kappa shape index (κ2) is 3.99. The number of rotatable bonds is 3. The molecule has 3 nitrogen and oxygen atoms in total. The fraction of sp³-hybridized carbons (Fsp3) is 0.222. The predicted molar refractivity (Wildman–Crippen MR) is 43.5 cm³/mol. The van der Waals surface area contributed by atoms with Crippen LogP contribution in [0.4, 0.5) is 0 Å². The van der Waals surface area contributed by atoms with Crippen molar-refractivity contribution in [2.24, 2.45) is 0 Å². The highest BCUT2D eigenvalue weighted by molar-refractivity contribution is 5.57. The van der Waals surface area contributed by atoms with Crippen LogP contribution in [0, 0.1) is 0 Å². The molecule has 0 saturated carbocycles. The Morgan fingerprint density at radius 3 is 2.25 bits per heavy atom. The summed E-state index contributed by atoms with van der Waals surface area (Å²) in [6.45, 7) is 0. The highest BCUT2D eigenvalue weighted by Gasteiger charge is 2.16. The summed E-state index contributed by atoms with van der Waals surface area (Å²) in [5.74, 6) is 0. The van der Waals surface area contributed by atoms with Crippen LogP contribution in [0.3, 0.4) is 0 Å². The molecule has 0 aromatic heterocycles. The largest absolute Gasteiger partial charge is 0.385 e. The summed E-state index contributed by atoms with van der Waals surface area (Å²) in [5.41, 5.74) is 0.539. The molecule has 3 heteroatoms. The third-order valence-corrected chi connectivity index (χ3v) is 1.60. The monoisotopic (exact) mass is 166 g/mol. The molecule has 0 bridgehead atoms. The number of carbonyl (C=O) groups is 1. The maximum Gasteiger partial charge on any atom is 0.151 e. The number of aldehydes is 1. The van der Waals surface area contributed by atoms with Crippen LogP contribution in [0.2, 0.25) is 0 Å². The van der Waals surface area contributed by atoms with Crippen LogP contribution >= 0.6 is 0 Å². The number of benzene rings is 1. The summed E-state index contributed by atoms with van der Waals surface area (Å²) in [4.78, 5) is 10.1. The summed E-state index contributed by atoms with van der Waals surface area (Å²) in [6, 6.07) is 8.56. The van der Waals surface area contributed by atoms with Gasteiger partial charge in [-0.15, -0.1) is 0 Å². The van der Waals surface area contributed by atoms with Crippen LogP contribution in [-0.2, 0) is 4.79 Å². The van der Waals surface area contributed by atoms with Crippen LogP contribution in [0.15, 0.2) is 30.3 Å². The summed E-state index contributed by atoms with van der Waals surface area (Å²) < 4.78 is 0. The van der Waals surface area contributed by atoms with E-state index >= 15 is 0 Å². The minimum absolute atomic E-state index is 0.317. The molecule has 0 unspecified atom stereocenters. The minimum Gasteiger partial charge on any atom is -0.385 e. The van der Waals surface area contributed by atoms with Gasteiger partial charge in [0.1, 0.15) is 12.2 Å². The lowest BCUT2D eigenvalue weighted by atomic mass is 10.1. The maximum atomic E-state index is 10.1. The van der Waals surface area contributed by atoms with Crippen molar-refractivity contribution in [2.75, 3.05) is 0 Å². The van der Waals surface area contributed by atoms with Gasteiger partial charge in [0.05, 0.1) is 0 Å². The van der Waals surface area contributed by atoms with Crippen molar-refractivity contribution in [3.8, 4) is 0 Å². The van der Waals surface area contributed by atoms with E-state index in [2.05, 4.69) is 0 Å². The average molecular weight is 166 g/mol. The molecule has 2 atom stereocenters. The minimum atomic E-state index is -1.34. The molecule has 0 amide bonds. The van der Waals surface area contributed by atoms with Gasteiger partial charge in [0.2, 0.25) is 0 Å². The van der Waals surface area contributed by atoms with Gasteiger partial charge in [-0.2, -0.15) is 0 Å². The molecule has 0 heterocycles. The van der Waals surface area contributed by atoms with E-state index in [9.17, 15) is 9.90 Å². The first-order valence-corrected chi connectivity index (χ1v) is 3.62. The van der Waals surface area contributed by atoms with Gasteiger partial charge in [-0.3, -0.25) is 0 Å². The van der Waals surface area contributed by atoms with Gasteiger partial charge in [0.25, 0.3) is 0 Å². The Bertz CT molecular complexity index is 245. The molecule has 0 radical (unpaired) electrons. The standard InChI is InChI=1S/C9H10O3/c10-6-8(11)9(12)7-4-2-1-3-5-7/h1-6,8-9,11-12H/t8-,9+/m0/s1. The Balaban J connectivity index is 2.78. The van der Waals surface area contributed by atoms with Gasteiger partial charge in [-0.05, 0) is 5.56 Å². The molecule has 1 rings (SSSR count). The smallest absolute Gasteiger partial charge is 0.151 e. The van der Waals surface area contributed by atoms with E-state index in [0.29, 0.717) is 11.8 Å². The van der Waals surface area contributed by atoms with Crippen molar-refractivity contribution in [3.05, 3.63) is 35.9 Å². The fourth-order valence-electron chi connectivity index (χ4n) is 0.922. The fourth-order valence-corrected chi connectivity index (χ4v) is 0.922. The Morgan fingerprint density at radius 1 is 1.17 bits per heavy atom. The number of hydrogen-bond donors (Lipinski definition) is 2. The molecule has 0 aliphatic carbocycles. The van der Waals surface area contributed by atoms with E-state index in [-0.39, 0.29) is 0 Å². The van der Waals surface area contributed by atoms with E-state index in [4.69, 9.17) is 5.11 Å². The van der Waals surface area contributed by atoms with Crippen molar-refractivity contribution >= 4 is 6.29 Å². The highest BCUT2D eigenvalue weighted by atomic mass is 16.3. The first-order chi connectivity index (χ1) is 5.75. The maximum absolute atomic E-state index is 10.1. The Morgan fingerprint density at radius 2 is 1.75 bits per heavy atom. The lowest BCUT2D eigenvalue weighted by Gasteiger charge is -2.11. The average Bonchev–Trinajstić information content (AvgIpc) is 2.17. The van der Waals surface area contributed by atoms with E-state index in [1.165, 1.54) is 0 Å². The van der Waals surface area contributed by atoms with Crippen LogP contribution in [0.1, 0.15) is 11.7 Å². The molecule has 0 fully saturated rings. The van der Waals surface area contributed by atoms with Gasteiger partial charge >= 0.3 is 0 Å². The van der Waals surface area contributed by atoms with Crippen molar-refractivity contribution in [2.45, 2.75) is 12.2 Å². The molecule has 0 spiro atoms. The lowest BCUT2D eigenvalue weighted by molar-refractivity contribution is -0.120. The van der Waals surface area contributed by atoms with Crippen molar-refractivity contribution in [1.82, 2.24) is 0 Å². The third-order valence-electron chi connectivity index (χ3n) is 1.60. The van der Waals surface area contributed by atoms with Gasteiger partial charge in [0.15, 0.2) is 6.29 Å². The SMILES string of the molecule is O=C[C@H](O)[C@H](O)c1ccccc1. The number of aliphatic hydroxyl groups is 2. The molecular weight excluding hydrogens is 156 g/mol. The van der Waals surface area contributed by atoms with Crippen LogP contribution in [0.5, 0.6) is 0 Å². The normalized spacial score (nSPS) is 15.2. The summed E-state index contributed by atoms with van der Waals surface area (Å²) >= 11 is 0. The number of aliphatic hydroxyl groups excluding tert-OH is 2. The molecular formula is C9H10O3. The van der Waals surface area contributed by atoms with Gasteiger partial charge < -0.3 is 15.0 Å². The summed E-state index contributed by atoms with van der Waals surface area (Å²) in [7, 11) is 0. The first-order valence-electron chi connectivity index (χ1n) is 3.62. The van der Waals surface area contributed by atoms with Gasteiger partial charge in [-0.25, -0.2) is 0 Å². The van der Waals surface area contributed by atoms with Crippen molar-refractivity contribution in [3.63, 3.8) is 0 Å². The Hall–Kier alpha value is -1.19. The van der Waals surface area contributed by atoms with E-state index in [1.54, 1.807) is 30.3 Å². The summed E-state index contributed by atoms with van der Waals surface area (Å²) in [5, 5.41) is 18.3. The molecule has 1 aromatic carbocycles. The van der Waals surface area contributed by atoms with E-state index < -0.39 is 12.2 Å². The molecule has 12 heavy (non-hydrogen) atoms. The second-order valence-corrected chi connectivity index (χ2v) is 2.48. The Kier molecular flexibility index (Phi) is 2.96. The molecule has 0 aliphatic heterocycles. The van der Waals surface area contributed by atoms with Gasteiger partial charge in [0, 0.05) is 0 Å². The molecule has 1 aromatic rings. The highest BCUT2D eigenvalue weighted by Crippen LogP contribution is 2.14. The van der Waals surface area contributed by atoms with Crippen LogP contribution in [-0.4, -0.2) is 22.6 Å². The Labute approximate surface area is 70.3 Å². The van der Waals surface area contributed by atoms with Crippen molar-refractivity contribution < 1.29 is 15.0 Å². The zero-order valence-corrected chi connectivity index (χ0v) is 6.42. The topological polar surface area (TPSA) is 57.5 Å². The van der Waals surface area contributed by atoms with E-state index in [1.807, 2.05) is 0 Å². The van der Waals surface area contributed by atoms with Crippen molar-refractivity contribution in [1.29, 1.82) is 0 Å². The zero-order valence-electron chi connectivity index (χ0n) is 6.42. The lowest BCUT2D eigenvalue weighted by Crippen LogP contribution is -2.19. The molecule has 64 valence electrons. The summed E-state index contributed by atoms with van der Waals surface area (Å²) in [6.07, 6.45) is -2.14. The van der Waals surface area contributed by atoms with Crippen LogP contribution < -0.4 is 0 Å². The molecule has 0 aliphatic rings. The van der Waals surface area contributed by atoms with Crippen LogP contribution in [0.25, 0.3) is 0 Å². The third kappa shape index (κ3) is 1.90. The van der Waals surface area contributed by atoms with E-state index in [0.717, 1.165) is 0 Å². The first kappa shape index (κ1) is 8.90. The molecule has 2 N–H and O–H groups in total. The predicted octanol–water partition coefficient (Wildman–Crippen LogP) is 0.280. The quantitative estimate of drug-likeness (QED) is 0.634.